The molecule has 1 atom stereocenters. The second-order valence-corrected chi connectivity index (χ2v) is 4.80. The van der Waals surface area contributed by atoms with Crippen molar-refractivity contribution in [3.8, 4) is 0 Å². The van der Waals surface area contributed by atoms with Crippen molar-refractivity contribution in [1.29, 1.82) is 0 Å². The van der Waals surface area contributed by atoms with Crippen LogP contribution in [0.25, 0.3) is 0 Å². The molecular formula is C13H27NO. The Labute approximate surface area is 94.8 Å². The van der Waals surface area contributed by atoms with Crippen LogP contribution in [0.15, 0.2) is 0 Å². The van der Waals surface area contributed by atoms with E-state index in [0.29, 0.717) is 6.04 Å². The molecule has 1 saturated carbocycles. The molecule has 0 saturated heterocycles. The highest BCUT2D eigenvalue weighted by Gasteiger charge is 2.17. The van der Waals surface area contributed by atoms with Crippen LogP contribution in [0.4, 0.5) is 0 Å². The van der Waals surface area contributed by atoms with Gasteiger partial charge in [0.05, 0.1) is 6.61 Å². The summed E-state index contributed by atoms with van der Waals surface area (Å²) in [5.74, 6) is 0.946. The van der Waals surface area contributed by atoms with Crippen LogP contribution in [-0.2, 0) is 4.74 Å². The first-order chi connectivity index (χ1) is 7.36. The second kappa shape index (κ2) is 8.12. The van der Waals surface area contributed by atoms with Crippen LogP contribution in [0.3, 0.4) is 0 Å². The van der Waals surface area contributed by atoms with Gasteiger partial charge in [0.15, 0.2) is 0 Å². The van der Waals surface area contributed by atoms with E-state index in [-0.39, 0.29) is 0 Å². The Morgan fingerprint density at radius 2 is 2.00 bits per heavy atom. The van der Waals surface area contributed by atoms with Crippen molar-refractivity contribution in [2.45, 2.75) is 57.9 Å². The average molecular weight is 213 g/mol. The summed E-state index contributed by atoms with van der Waals surface area (Å²) in [7, 11) is 2.06. The highest BCUT2D eigenvalue weighted by molar-refractivity contribution is 4.73. The number of ether oxygens (including phenoxy) is 1. The highest BCUT2D eigenvalue weighted by atomic mass is 16.5. The number of hydrogen-bond donors (Lipinski definition) is 1. The molecule has 1 aliphatic carbocycles. The molecule has 15 heavy (non-hydrogen) atoms. The van der Waals surface area contributed by atoms with E-state index < -0.39 is 0 Å². The molecule has 0 aromatic heterocycles. The molecule has 0 amide bonds. The van der Waals surface area contributed by atoms with Gasteiger partial charge in [-0.25, -0.2) is 0 Å². The zero-order chi connectivity index (χ0) is 10.9. The normalized spacial score (nSPS) is 20.4. The van der Waals surface area contributed by atoms with Gasteiger partial charge in [0, 0.05) is 12.6 Å². The maximum absolute atomic E-state index is 5.61. The summed E-state index contributed by atoms with van der Waals surface area (Å²) in [4.78, 5) is 0. The van der Waals surface area contributed by atoms with Crippen molar-refractivity contribution in [2.24, 2.45) is 5.92 Å². The van der Waals surface area contributed by atoms with E-state index in [4.69, 9.17) is 4.74 Å². The zero-order valence-corrected chi connectivity index (χ0v) is 10.4. The van der Waals surface area contributed by atoms with Crippen LogP contribution in [0.5, 0.6) is 0 Å². The lowest BCUT2D eigenvalue weighted by atomic mass is 9.85. The fraction of sp³-hybridized carbons (Fsp3) is 1.00. The van der Waals surface area contributed by atoms with Crippen molar-refractivity contribution in [2.75, 3.05) is 20.3 Å². The third-order valence-electron chi connectivity index (χ3n) is 3.42. The number of nitrogens with one attached hydrogen (secondary N) is 1. The minimum absolute atomic E-state index is 0.569. The lowest BCUT2D eigenvalue weighted by molar-refractivity contribution is 0.103. The summed E-state index contributed by atoms with van der Waals surface area (Å²) >= 11 is 0. The van der Waals surface area contributed by atoms with Gasteiger partial charge in [-0.15, -0.1) is 0 Å². The fourth-order valence-electron chi connectivity index (χ4n) is 2.46. The Bertz CT molecular complexity index is 143. The molecule has 2 heteroatoms. The molecule has 1 rings (SSSR count). The molecule has 1 aliphatic rings. The van der Waals surface area contributed by atoms with Gasteiger partial charge >= 0.3 is 0 Å². The van der Waals surface area contributed by atoms with Gasteiger partial charge in [-0.3, -0.25) is 0 Å². The molecule has 0 bridgehead atoms. The smallest absolute Gasteiger partial charge is 0.0619 e. The maximum atomic E-state index is 5.61. The lowest BCUT2D eigenvalue weighted by Gasteiger charge is -2.26. The molecule has 1 fully saturated rings. The van der Waals surface area contributed by atoms with Gasteiger partial charge < -0.3 is 10.1 Å². The van der Waals surface area contributed by atoms with Crippen LogP contribution in [0.2, 0.25) is 0 Å². The third kappa shape index (κ3) is 5.53. The van der Waals surface area contributed by atoms with Crippen molar-refractivity contribution in [1.82, 2.24) is 5.32 Å². The Morgan fingerprint density at radius 1 is 1.27 bits per heavy atom. The van der Waals surface area contributed by atoms with E-state index in [1.165, 1.54) is 38.5 Å². The molecule has 0 aliphatic heterocycles. The summed E-state index contributed by atoms with van der Waals surface area (Å²) in [5.41, 5.74) is 0. The molecule has 0 aromatic rings. The fourth-order valence-corrected chi connectivity index (χ4v) is 2.46. The highest BCUT2D eigenvalue weighted by Crippen LogP contribution is 2.27. The molecule has 0 aromatic carbocycles. The average Bonchev–Trinajstić information content (AvgIpc) is 2.29. The van der Waals surface area contributed by atoms with Crippen LogP contribution in [0, 0.1) is 5.92 Å². The predicted octanol–water partition coefficient (Wildman–Crippen LogP) is 2.97. The third-order valence-corrected chi connectivity index (χ3v) is 3.42. The Kier molecular flexibility index (Phi) is 7.03. The Morgan fingerprint density at radius 3 is 2.60 bits per heavy atom. The number of hydrogen-bond acceptors (Lipinski definition) is 2. The van der Waals surface area contributed by atoms with Crippen molar-refractivity contribution in [3.63, 3.8) is 0 Å². The zero-order valence-electron chi connectivity index (χ0n) is 10.4. The quantitative estimate of drug-likeness (QED) is 0.656. The summed E-state index contributed by atoms with van der Waals surface area (Å²) in [6, 6.07) is 0.569. The van der Waals surface area contributed by atoms with Crippen molar-refractivity contribution >= 4 is 0 Å². The minimum Gasteiger partial charge on any atom is -0.380 e. The first-order valence-electron chi connectivity index (χ1n) is 6.61. The van der Waals surface area contributed by atoms with Gasteiger partial charge in [0.1, 0.15) is 0 Å². The first kappa shape index (κ1) is 13.0. The summed E-state index contributed by atoms with van der Waals surface area (Å²) in [5, 5.41) is 3.38. The Balaban J connectivity index is 2.13. The maximum Gasteiger partial charge on any atom is 0.0619 e. The predicted molar refractivity (Wildman–Crippen MR) is 65.1 cm³/mol. The first-order valence-corrected chi connectivity index (χ1v) is 6.61. The van der Waals surface area contributed by atoms with Crippen molar-refractivity contribution in [3.05, 3.63) is 0 Å². The molecule has 0 spiro atoms. The van der Waals surface area contributed by atoms with Gasteiger partial charge in [0.25, 0.3) is 0 Å². The van der Waals surface area contributed by atoms with E-state index in [1.807, 2.05) is 0 Å². The second-order valence-electron chi connectivity index (χ2n) is 4.80. The largest absolute Gasteiger partial charge is 0.380 e. The van der Waals surface area contributed by atoms with Gasteiger partial charge in [-0.2, -0.15) is 0 Å². The van der Waals surface area contributed by atoms with E-state index in [9.17, 15) is 0 Å². The van der Waals surface area contributed by atoms with Crippen LogP contribution < -0.4 is 5.32 Å². The van der Waals surface area contributed by atoms with Gasteiger partial charge in [-0.05, 0) is 25.8 Å². The van der Waals surface area contributed by atoms with Gasteiger partial charge in [0.2, 0.25) is 0 Å². The summed E-state index contributed by atoms with van der Waals surface area (Å²) < 4.78 is 5.61. The molecule has 2 nitrogen and oxygen atoms in total. The SMILES string of the molecule is CCCOCC(CC1CCCCC1)NC. The van der Waals surface area contributed by atoms with Crippen molar-refractivity contribution < 1.29 is 4.74 Å². The van der Waals surface area contributed by atoms with Gasteiger partial charge in [-0.1, -0.05) is 39.0 Å². The number of rotatable bonds is 7. The molecule has 1 unspecified atom stereocenters. The molecule has 1 N–H and O–H groups in total. The Hall–Kier alpha value is -0.0800. The van der Waals surface area contributed by atoms with Crippen LogP contribution in [0.1, 0.15) is 51.9 Å². The van der Waals surface area contributed by atoms with Crippen LogP contribution in [-0.4, -0.2) is 26.3 Å². The summed E-state index contributed by atoms with van der Waals surface area (Å²) in [6.07, 6.45) is 9.64. The van der Waals surface area contributed by atoms with E-state index in [2.05, 4.69) is 19.3 Å². The van der Waals surface area contributed by atoms with E-state index in [1.54, 1.807) is 0 Å². The van der Waals surface area contributed by atoms with Crippen LogP contribution >= 0.6 is 0 Å². The minimum atomic E-state index is 0.569. The van der Waals surface area contributed by atoms with E-state index in [0.717, 1.165) is 25.6 Å². The lowest BCUT2D eigenvalue weighted by Crippen LogP contribution is -2.33. The molecule has 0 radical (unpaired) electrons. The monoisotopic (exact) mass is 213 g/mol. The molecule has 0 heterocycles. The topological polar surface area (TPSA) is 21.3 Å². The van der Waals surface area contributed by atoms with E-state index >= 15 is 0 Å². The summed E-state index contributed by atoms with van der Waals surface area (Å²) in [6.45, 7) is 3.96. The molecular weight excluding hydrogens is 186 g/mol. The number of likely N-dealkylation sites (N-methyl/N-ethyl adjacent to an activating group) is 1. The standard InChI is InChI=1S/C13H27NO/c1-3-9-15-11-13(14-2)10-12-7-5-4-6-8-12/h12-14H,3-11H2,1-2H3. The molecule has 90 valence electrons.